The molecule has 0 fully saturated rings. The molecule has 0 saturated carbocycles. The summed E-state index contributed by atoms with van der Waals surface area (Å²) in [5, 5.41) is 6.45. The molecule has 1 N–H and O–H groups in total. The predicted molar refractivity (Wildman–Crippen MR) is 98.2 cm³/mol. The van der Waals surface area contributed by atoms with Crippen molar-refractivity contribution in [1.29, 1.82) is 0 Å². The molecule has 5 nitrogen and oxygen atoms in total. The monoisotopic (exact) mass is 436 g/mol. The topological polar surface area (TPSA) is 59.8 Å². The van der Waals surface area contributed by atoms with Gasteiger partial charge >= 0.3 is 6.18 Å². The largest absolute Gasteiger partial charge is 0.417 e. The number of rotatable bonds is 4. The molecule has 0 bridgehead atoms. The first kappa shape index (κ1) is 18.8. The minimum atomic E-state index is -4.68. The van der Waals surface area contributed by atoms with Gasteiger partial charge in [0, 0.05) is 10.5 Å². The Labute approximate surface area is 160 Å². The number of carbonyl (C=O) groups excluding carboxylic acids is 1. The first-order chi connectivity index (χ1) is 12.8. The highest BCUT2D eigenvalue weighted by Crippen LogP contribution is 2.34. The van der Waals surface area contributed by atoms with Gasteiger partial charge in [0.15, 0.2) is 0 Å². The molecule has 9 heteroatoms. The van der Waals surface area contributed by atoms with Crippen molar-refractivity contribution in [1.82, 2.24) is 14.8 Å². The van der Waals surface area contributed by atoms with Crippen molar-refractivity contribution in [3.63, 3.8) is 0 Å². The average molecular weight is 437 g/mol. The van der Waals surface area contributed by atoms with Crippen molar-refractivity contribution < 1.29 is 18.0 Å². The molecule has 138 valence electrons. The number of benzene rings is 2. The number of halogens is 4. The van der Waals surface area contributed by atoms with Gasteiger partial charge in [-0.25, -0.2) is 9.67 Å². The molecule has 1 amide bonds. The lowest BCUT2D eigenvalue weighted by Crippen LogP contribution is -2.17. The minimum Gasteiger partial charge on any atom is -0.321 e. The molecule has 0 aliphatic carbocycles. The second kappa shape index (κ2) is 7.75. The van der Waals surface area contributed by atoms with Crippen LogP contribution in [0.4, 0.5) is 18.9 Å². The Bertz CT molecular complexity index is 970. The van der Waals surface area contributed by atoms with Gasteiger partial charge in [-0.05, 0) is 23.8 Å². The number of nitrogens with zero attached hydrogens (tertiary/aromatic N) is 3. The van der Waals surface area contributed by atoms with Crippen LogP contribution in [-0.2, 0) is 4.79 Å². The molecule has 0 aliphatic heterocycles. The fraction of sp³-hybridized carbons (Fsp3) is 0.0556. The second-order valence-electron chi connectivity index (χ2n) is 5.41. The number of carbonyl (C=O) groups is 1. The third-order valence-electron chi connectivity index (χ3n) is 3.55. The highest BCUT2D eigenvalue weighted by atomic mass is 79.9. The zero-order chi connectivity index (χ0) is 19.4. The number of anilines is 1. The summed E-state index contributed by atoms with van der Waals surface area (Å²) in [5.41, 5.74) is -0.375. The zero-order valence-electron chi connectivity index (χ0n) is 13.6. The van der Waals surface area contributed by atoms with E-state index in [1.807, 2.05) is 0 Å². The summed E-state index contributed by atoms with van der Waals surface area (Å²) in [5.74, 6) is -0.911. The summed E-state index contributed by atoms with van der Waals surface area (Å²) in [6.07, 6.45) is -1.41. The number of nitrogens with one attached hydrogen (secondary N) is 1. The van der Waals surface area contributed by atoms with Crippen LogP contribution >= 0.6 is 15.9 Å². The second-order valence-corrected chi connectivity index (χ2v) is 6.33. The fourth-order valence-corrected chi connectivity index (χ4v) is 2.75. The summed E-state index contributed by atoms with van der Waals surface area (Å²) in [6.45, 7) is 0. The Morgan fingerprint density at radius 2 is 1.89 bits per heavy atom. The third kappa shape index (κ3) is 4.62. The van der Waals surface area contributed by atoms with E-state index in [0.717, 1.165) is 0 Å². The number of alkyl halides is 3. The fourth-order valence-electron chi connectivity index (χ4n) is 2.39. The van der Waals surface area contributed by atoms with Gasteiger partial charge in [-0.3, -0.25) is 4.79 Å². The highest BCUT2D eigenvalue weighted by Gasteiger charge is 2.35. The van der Waals surface area contributed by atoms with Gasteiger partial charge in [0.25, 0.3) is 0 Å². The van der Waals surface area contributed by atoms with E-state index in [1.54, 1.807) is 24.3 Å². The standard InChI is InChI=1S/C18H12BrF3N4O/c19-13-6-7-16(26-11-23-10-24-26)15(8-13)25-17(27)9-14(18(20,21)22)12-4-2-1-3-5-12/h1-11H,(H,25,27)/b14-9-. The van der Waals surface area contributed by atoms with Gasteiger partial charge in [-0.15, -0.1) is 0 Å². The van der Waals surface area contributed by atoms with Gasteiger partial charge in [0.05, 0.1) is 16.9 Å². The van der Waals surface area contributed by atoms with Crippen LogP contribution in [0.25, 0.3) is 11.3 Å². The van der Waals surface area contributed by atoms with Crippen molar-refractivity contribution in [3.05, 3.63) is 77.3 Å². The molecule has 1 aromatic heterocycles. The number of hydrogen-bond acceptors (Lipinski definition) is 3. The molecular weight excluding hydrogens is 425 g/mol. The maximum atomic E-state index is 13.4. The number of amides is 1. The molecule has 2 aromatic carbocycles. The molecule has 0 unspecified atom stereocenters. The molecule has 3 aromatic rings. The van der Waals surface area contributed by atoms with E-state index in [-0.39, 0.29) is 11.3 Å². The molecule has 0 radical (unpaired) electrons. The van der Waals surface area contributed by atoms with Crippen LogP contribution in [0.5, 0.6) is 0 Å². The Hall–Kier alpha value is -2.94. The molecule has 27 heavy (non-hydrogen) atoms. The molecule has 0 spiro atoms. The van der Waals surface area contributed by atoms with Gasteiger partial charge in [-0.2, -0.15) is 18.3 Å². The van der Waals surface area contributed by atoms with Crippen molar-refractivity contribution in [2.45, 2.75) is 6.18 Å². The first-order valence-electron chi connectivity index (χ1n) is 7.64. The molecule has 0 atom stereocenters. The van der Waals surface area contributed by atoms with Crippen LogP contribution in [0.3, 0.4) is 0 Å². The highest BCUT2D eigenvalue weighted by molar-refractivity contribution is 9.10. The summed E-state index contributed by atoms with van der Waals surface area (Å²) in [6, 6.07) is 12.1. The molecular formula is C18H12BrF3N4O. The Kier molecular flexibility index (Phi) is 5.41. The van der Waals surface area contributed by atoms with E-state index in [1.165, 1.54) is 41.6 Å². The smallest absolute Gasteiger partial charge is 0.321 e. The molecule has 1 heterocycles. The average Bonchev–Trinajstić information content (AvgIpc) is 3.14. The van der Waals surface area contributed by atoms with Gasteiger partial charge in [0.1, 0.15) is 12.7 Å². The Balaban J connectivity index is 1.95. The zero-order valence-corrected chi connectivity index (χ0v) is 15.2. The van der Waals surface area contributed by atoms with E-state index in [4.69, 9.17) is 0 Å². The quantitative estimate of drug-likeness (QED) is 0.607. The predicted octanol–water partition coefficient (Wildman–Crippen LogP) is 4.61. The van der Waals surface area contributed by atoms with Crippen LogP contribution in [0.2, 0.25) is 0 Å². The van der Waals surface area contributed by atoms with Crippen LogP contribution in [0.15, 0.2) is 71.7 Å². The number of aromatic nitrogens is 3. The number of allylic oxidation sites excluding steroid dienone is 1. The lowest BCUT2D eigenvalue weighted by atomic mass is 10.1. The van der Waals surface area contributed by atoms with E-state index in [9.17, 15) is 18.0 Å². The van der Waals surface area contributed by atoms with Gasteiger partial charge in [-0.1, -0.05) is 46.3 Å². The lowest BCUT2D eigenvalue weighted by Gasteiger charge is -2.13. The van der Waals surface area contributed by atoms with Crippen LogP contribution in [0.1, 0.15) is 5.56 Å². The van der Waals surface area contributed by atoms with E-state index in [2.05, 4.69) is 31.3 Å². The van der Waals surface area contributed by atoms with Crippen LogP contribution < -0.4 is 5.32 Å². The van der Waals surface area contributed by atoms with E-state index in [0.29, 0.717) is 16.2 Å². The molecule has 0 aliphatic rings. The van der Waals surface area contributed by atoms with E-state index < -0.39 is 17.7 Å². The third-order valence-corrected chi connectivity index (χ3v) is 4.04. The maximum absolute atomic E-state index is 13.4. The van der Waals surface area contributed by atoms with Gasteiger partial charge in [0.2, 0.25) is 5.91 Å². The molecule has 3 rings (SSSR count). The van der Waals surface area contributed by atoms with Crippen LogP contribution in [0, 0.1) is 0 Å². The molecule has 0 saturated heterocycles. The van der Waals surface area contributed by atoms with E-state index >= 15 is 0 Å². The summed E-state index contributed by atoms with van der Waals surface area (Å²) in [7, 11) is 0. The summed E-state index contributed by atoms with van der Waals surface area (Å²) >= 11 is 3.28. The van der Waals surface area contributed by atoms with Crippen molar-refractivity contribution >= 4 is 33.1 Å². The Morgan fingerprint density at radius 1 is 1.15 bits per heavy atom. The Morgan fingerprint density at radius 3 is 2.52 bits per heavy atom. The van der Waals surface area contributed by atoms with Crippen molar-refractivity contribution in [2.75, 3.05) is 5.32 Å². The van der Waals surface area contributed by atoms with Crippen molar-refractivity contribution in [2.24, 2.45) is 0 Å². The normalized spacial score (nSPS) is 12.1. The number of hydrogen-bond donors (Lipinski definition) is 1. The van der Waals surface area contributed by atoms with Crippen LogP contribution in [-0.4, -0.2) is 26.8 Å². The lowest BCUT2D eigenvalue weighted by molar-refractivity contribution is -0.112. The maximum Gasteiger partial charge on any atom is 0.417 e. The summed E-state index contributed by atoms with van der Waals surface area (Å²) in [4.78, 5) is 16.2. The first-order valence-corrected chi connectivity index (χ1v) is 8.44. The summed E-state index contributed by atoms with van der Waals surface area (Å²) < 4.78 is 42.2. The van der Waals surface area contributed by atoms with Crippen molar-refractivity contribution in [3.8, 4) is 5.69 Å². The SMILES string of the molecule is O=C(/C=C(/c1ccccc1)C(F)(F)F)Nc1cc(Br)ccc1-n1cncn1. The minimum absolute atomic E-state index is 0.0918. The van der Waals surface area contributed by atoms with Gasteiger partial charge < -0.3 is 5.32 Å².